The highest BCUT2D eigenvalue weighted by Gasteiger charge is 2.30. The van der Waals surface area contributed by atoms with Gasteiger partial charge in [0.15, 0.2) is 0 Å². The Morgan fingerprint density at radius 2 is 1.66 bits per heavy atom. The topological polar surface area (TPSA) is 133 Å². The molecular weight excluding hydrogens is 394 g/mol. The van der Waals surface area contributed by atoms with Crippen LogP contribution in [-0.4, -0.2) is 58.8 Å². The smallest absolute Gasteiger partial charge is 0.405 e. The summed E-state index contributed by atoms with van der Waals surface area (Å²) in [4.78, 5) is 41.2. The number of hydrogen-bond acceptors (Lipinski definition) is 6. The van der Waals surface area contributed by atoms with E-state index in [1.54, 1.807) is 20.8 Å². The van der Waals surface area contributed by atoms with Gasteiger partial charge < -0.3 is 25.9 Å². The maximum Gasteiger partial charge on any atom is 0.405 e. The van der Waals surface area contributed by atoms with Gasteiger partial charge in [-0.25, -0.2) is 4.79 Å². The fourth-order valence-corrected chi connectivity index (χ4v) is 2.74. The lowest BCUT2D eigenvalue weighted by molar-refractivity contribution is -0.135. The van der Waals surface area contributed by atoms with Crippen molar-refractivity contribution in [2.75, 3.05) is 12.3 Å². The first kappa shape index (κ1) is 34.3. The number of hydrogen-bond donors (Lipinski definition) is 2. The first-order chi connectivity index (χ1) is 13.3. The molecule has 1 saturated heterocycles. The number of carbonyl (C=O) groups is 4. The number of likely N-dealkylation sites (tertiary alicyclic amines) is 1. The minimum absolute atomic E-state index is 0.0636. The summed E-state index contributed by atoms with van der Waals surface area (Å²) in [6.07, 6.45) is 8.87. The maximum atomic E-state index is 10.9. The molecule has 0 aromatic heterocycles. The molecule has 0 aliphatic carbocycles. The SMILES string of the molecule is C#C.C=O.CC(=O)N1CCC[C@H]1C(N)=O.CC(C)(C)OC(N)=O.CCSC(C)C. The van der Waals surface area contributed by atoms with E-state index < -0.39 is 17.6 Å². The largest absolute Gasteiger partial charge is 0.444 e. The fraction of sp³-hybridized carbons (Fsp3) is 0.700. The number of nitrogens with zero attached hydrogens (tertiary/aromatic N) is 1. The van der Waals surface area contributed by atoms with Gasteiger partial charge in [0.2, 0.25) is 11.8 Å². The van der Waals surface area contributed by atoms with Crippen LogP contribution in [0.2, 0.25) is 0 Å². The molecule has 0 bridgehead atoms. The van der Waals surface area contributed by atoms with Crippen molar-refractivity contribution in [3.8, 4) is 12.8 Å². The van der Waals surface area contributed by atoms with E-state index in [0.717, 1.165) is 18.1 Å². The Morgan fingerprint density at radius 3 is 1.79 bits per heavy atom. The van der Waals surface area contributed by atoms with E-state index in [1.807, 2.05) is 18.6 Å². The molecule has 0 aromatic carbocycles. The Labute approximate surface area is 180 Å². The summed E-state index contributed by atoms with van der Waals surface area (Å²) in [6.45, 7) is 16.0. The number of terminal acetylenes is 1. The highest BCUT2D eigenvalue weighted by molar-refractivity contribution is 7.99. The monoisotopic (exact) mass is 433 g/mol. The van der Waals surface area contributed by atoms with Crippen LogP contribution in [-0.2, 0) is 19.1 Å². The van der Waals surface area contributed by atoms with Gasteiger partial charge in [-0.3, -0.25) is 9.59 Å². The number of rotatable bonds is 3. The Balaban J connectivity index is -0.000000154. The molecule has 0 radical (unpaired) electrons. The van der Waals surface area contributed by atoms with Gasteiger partial charge in [-0.1, -0.05) is 20.8 Å². The Bertz CT molecular complexity index is 456. The molecule has 1 aliphatic heterocycles. The molecule has 1 atom stereocenters. The van der Waals surface area contributed by atoms with Gasteiger partial charge in [-0.15, -0.1) is 12.8 Å². The Morgan fingerprint density at radius 1 is 1.21 bits per heavy atom. The lowest BCUT2D eigenvalue weighted by atomic mass is 10.2. The zero-order chi connectivity index (χ0) is 24.2. The fourth-order valence-electron chi connectivity index (χ4n) is 2.07. The summed E-state index contributed by atoms with van der Waals surface area (Å²) < 4.78 is 4.58. The molecule has 0 unspecified atom stereocenters. The summed E-state index contributed by atoms with van der Waals surface area (Å²) in [5.41, 5.74) is 9.36. The van der Waals surface area contributed by atoms with Crippen LogP contribution in [0, 0.1) is 12.8 Å². The van der Waals surface area contributed by atoms with Crippen molar-refractivity contribution in [1.29, 1.82) is 0 Å². The molecular formula is C20H39N3O5S. The van der Waals surface area contributed by atoms with Crippen molar-refractivity contribution in [3.63, 3.8) is 0 Å². The third-order valence-electron chi connectivity index (χ3n) is 2.89. The molecule has 3 amide bonds. The second-order valence-corrected chi connectivity index (χ2v) is 8.66. The second kappa shape index (κ2) is 20.5. The van der Waals surface area contributed by atoms with E-state index in [2.05, 4.69) is 38.4 Å². The van der Waals surface area contributed by atoms with Crippen molar-refractivity contribution in [2.24, 2.45) is 11.5 Å². The summed E-state index contributed by atoms with van der Waals surface area (Å²) in [5, 5.41) is 0.815. The minimum atomic E-state index is -0.725. The standard InChI is InChI=1S/C7H12N2O2.C5H11NO2.C5H12S.C2H2.CH2O/c1-5(10)9-4-2-3-6(9)7(8)11;1-5(2,3)8-4(6)7;1-4-6-5(2)3;2*1-2/h6H,2-4H2,1H3,(H2,8,11);1-3H3,(H2,6,7);5H,4H2,1-3H3;1-2H;1H2/t6-;;;;/m0..../s1. The van der Waals surface area contributed by atoms with Crippen molar-refractivity contribution in [3.05, 3.63) is 0 Å². The van der Waals surface area contributed by atoms with Crippen molar-refractivity contribution < 1.29 is 23.9 Å². The first-order valence-corrected chi connectivity index (χ1v) is 10.1. The molecule has 170 valence electrons. The van der Waals surface area contributed by atoms with Crippen LogP contribution in [0.1, 0.15) is 61.3 Å². The van der Waals surface area contributed by atoms with Crippen LogP contribution < -0.4 is 11.5 Å². The summed E-state index contributed by atoms with van der Waals surface area (Å²) >= 11 is 1.99. The molecule has 1 heterocycles. The van der Waals surface area contributed by atoms with Crippen molar-refractivity contribution >= 4 is 36.5 Å². The average Bonchev–Trinajstić information content (AvgIpc) is 3.07. The van der Waals surface area contributed by atoms with Crippen LogP contribution in [0.5, 0.6) is 0 Å². The average molecular weight is 434 g/mol. The van der Waals surface area contributed by atoms with Gasteiger partial charge in [-0.2, -0.15) is 11.8 Å². The Kier molecular flexibility index (Phi) is 24.3. The van der Waals surface area contributed by atoms with Gasteiger partial charge in [0.05, 0.1) is 0 Å². The van der Waals surface area contributed by atoms with Crippen LogP contribution in [0.25, 0.3) is 0 Å². The number of carbonyl (C=O) groups excluding carboxylic acids is 4. The molecule has 1 aliphatic rings. The highest BCUT2D eigenvalue weighted by atomic mass is 32.2. The molecule has 4 N–H and O–H groups in total. The molecule has 0 aromatic rings. The number of nitrogens with two attached hydrogens (primary N) is 2. The first-order valence-electron chi connectivity index (χ1n) is 9.10. The summed E-state index contributed by atoms with van der Waals surface area (Å²) in [7, 11) is 0. The number of ether oxygens (including phenoxy) is 1. The summed E-state index contributed by atoms with van der Waals surface area (Å²) in [5.74, 6) is 0.793. The van der Waals surface area contributed by atoms with Crippen LogP contribution in [0.4, 0.5) is 4.79 Å². The minimum Gasteiger partial charge on any atom is -0.444 e. The van der Waals surface area contributed by atoms with Gasteiger partial charge >= 0.3 is 6.09 Å². The number of primary amides is 2. The van der Waals surface area contributed by atoms with Gasteiger partial charge in [-0.05, 0) is 44.6 Å². The van der Waals surface area contributed by atoms with E-state index in [-0.39, 0.29) is 11.9 Å². The molecule has 0 spiro atoms. The lowest BCUT2D eigenvalue weighted by Crippen LogP contribution is -2.42. The predicted octanol–water partition coefficient (Wildman–Crippen LogP) is 2.58. The van der Waals surface area contributed by atoms with Crippen LogP contribution in [0.3, 0.4) is 0 Å². The molecule has 1 fully saturated rings. The third-order valence-corrected chi connectivity index (χ3v) is 3.89. The summed E-state index contributed by atoms with van der Waals surface area (Å²) in [6, 6.07) is -0.354. The van der Waals surface area contributed by atoms with Gasteiger partial charge in [0.1, 0.15) is 18.4 Å². The van der Waals surface area contributed by atoms with E-state index in [4.69, 9.17) is 16.3 Å². The molecule has 0 saturated carbocycles. The van der Waals surface area contributed by atoms with E-state index in [1.165, 1.54) is 17.6 Å². The highest BCUT2D eigenvalue weighted by Crippen LogP contribution is 2.16. The normalized spacial score (nSPS) is 14.3. The van der Waals surface area contributed by atoms with Crippen LogP contribution in [0.15, 0.2) is 0 Å². The quantitative estimate of drug-likeness (QED) is 0.657. The zero-order valence-electron chi connectivity index (χ0n) is 18.9. The molecule has 29 heavy (non-hydrogen) atoms. The molecule has 8 nitrogen and oxygen atoms in total. The van der Waals surface area contributed by atoms with E-state index >= 15 is 0 Å². The predicted molar refractivity (Wildman–Crippen MR) is 120 cm³/mol. The van der Waals surface area contributed by atoms with Gasteiger partial charge in [0, 0.05) is 13.5 Å². The second-order valence-electron chi connectivity index (χ2n) is 6.81. The van der Waals surface area contributed by atoms with Gasteiger partial charge in [0.25, 0.3) is 0 Å². The zero-order valence-corrected chi connectivity index (χ0v) is 19.7. The van der Waals surface area contributed by atoms with Crippen molar-refractivity contribution in [2.45, 2.75) is 78.2 Å². The Hall–Kier alpha value is -2.21. The molecule has 9 heteroatoms. The van der Waals surface area contributed by atoms with Crippen molar-refractivity contribution in [1.82, 2.24) is 4.90 Å². The molecule has 1 rings (SSSR count). The lowest BCUT2D eigenvalue weighted by Gasteiger charge is -2.19. The van der Waals surface area contributed by atoms with E-state index in [9.17, 15) is 14.4 Å². The third kappa shape index (κ3) is 25.8. The maximum absolute atomic E-state index is 10.9. The van der Waals surface area contributed by atoms with E-state index in [0.29, 0.717) is 6.54 Å². The van der Waals surface area contributed by atoms with Crippen LogP contribution >= 0.6 is 11.8 Å². The number of amides is 3. The number of thioether (sulfide) groups is 1.